The van der Waals surface area contributed by atoms with Crippen LogP contribution in [-0.2, 0) is 4.74 Å². The number of benzene rings is 1. The molecule has 0 aromatic heterocycles. The minimum Gasteiger partial charge on any atom is -0.383 e. The van der Waals surface area contributed by atoms with Gasteiger partial charge in [0.2, 0.25) is 0 Å². The second kappa shape index (κ2) is 6.86. The Morgan fingerprint density at radius 2 is 2.11 bits per heavy atom. The van der Waals surface area contributed by atoms with E-state index in [4.69, 9.17) is 4.74 Å². The van der Waals surface area contributed by atoms with Crippen molar-refractivity contribution in [3.63, 3.8) is 0 Å². The van der Waals surface area contributed by atoms with Gasteiger partial charge in [-0.3, -0.25) is 10.1 Å². The lowest BCUT2D eigenvalue weighted by atomic mass is 10.0. The molecule has 0 saturated carbocycles. The fourth-order valence-corrected chi connectivity index (χ4v) is 2.32. The van der Waals surface area contributed by atoms with E-state index in [2.05, 4.69) is 35.1 Å². The first kappa shape index (κ1) is 15.9. The summed E-state index contributed by atoms with van der Waals surface area (Å²) >= 11 is 3.43. The summed E-state index contributed by atoms with van der Waals surface area (Å²) in [5.74, 6) is 0.354. The van der Waals surface area contributed by atoms with Crippen molar-refractivity contribution in [2.45, 2.75) is 26.8 Å². The summed E-state index contributed by atoms with van der Waals surface area (Å²) in [7, 11) is 1.64. The molecular formula is C13H19BrN2O3. The van der Waals surface area contributed by atoms with Gasteiger partial charge in [0.25, 0.3) is 5.69 Å². The van der Waals surface area contributed by atoms with Gasteiger partial charge in [0.1, 0.15) is 0 Å². The Bertz CT molecular complexity index is 463. The van der Waals surface area contributed by atoms with Crippen LogP contribution in [0.3, 0.4) is 0 Å². The molecule has 1 aromatic carbocycles. The lowest BCUT2D eigenvalue weighted by Crippen LogP contribution is -2.30. The topological polar surface area (TPSA) is 64.4 Å². The van der Waals surface area contributed by atoms with Crippen LogP contribution in [0, 0.1) is 23.0 Å². The van der Waals surface area contributed by atoms with E-state index < -0.39 is 0 Å². The molecule has 0 radical (unpaired) electrons. The molecule has 0 heterocycles. The maximum absolute atomic E-state index is 11.0. The summed E-state index contributed by atoms with van der Waals surface area (Å²) in [5, 5.41) is 14.3. The Morgan fingerprint density at radius 3 is 2.58 bits per heavy atom. The number of rotatable bonds is 6. The first-order valence-corrected chi connectivity index (χ1v) is 6.86. The molecule has 19 heavy (non-hydrogen) atoms. The van der Waals surface area contributed by atoms with E-state index in [-0.39, 0.29) is 16.7 Å². The maximum atomic E-state index is 11.0. The van der Waals surface area contributed by atoms with Crippen molar-refractivity contribution in [3.8, 4) is 0 Å². The number of nitro benzene ring substituents is 1. The average Bonchev–Trinajstić information content (AvgIpc) is 2.30. The van der Waals surface area contributed by atoms with E-state index in [1.54, 1.807) is 26.2 Å². The zero-order valence-electron chi connectivity index (χ0n) is 11.6. The number of nitrogens with zero attached hydrogens (tertiary/aromatic N) is 1. The summed E-state index contributed by atoms with van der Waals surface area (Å²) in [6, 6.07) is 3.42. The van der Waals surface area contributed by atoms with Crippen molar-refractivity contribution in [2.24, 2.45) is 5.92 Å². The third-order valence-corrected chi connectivity index (χ3v) is 3.63. The standard InChI is InChI=1S/C13H19BrN2O3/c1-8(2)12(7-19-4)15-11-6-13(16(17)18)9(3)5-10(11)14/h5-6,8,12,15H,7H2,1-4H3. The summed E-state index contributed by atoms with van der Waals surface area (Å²) < 4.78 is 5.98. The van der Waals surface area contributed by atoms with Crippen molar-refractivity contribution in [3.05, 3.63) is 32.3 Å². The Hall–Kier alpha value is -1.14. The molecule has 0 aliphatic rings. The van der Waals surface area contributed by atoms with E-state index in [1.807, 2.05) is 0 Å². The van der Waals surface area contributed by atoms with Gasteiger partial charge >= 0.3 is 0 Å². The highest BCUT2D eigenvalue weighted by Crippen LogP contribution is 2.31. The molecule has 6 heteroatoms. The lowest BCUT2D eigenvalue weighted by molar-refractivity contribution is -0.385. The Morgan fingerprint density at radius 1 is 1.47 bits per heavy atom. The minimum absolute atomic E-state index is 0.101. The molecule has 0 spiro atoms. The predicted molar refractivity (Wildman–Crippen MR) is 79.7 cm³/mol. The molecular weight excluding hydrogens is 312 g/mol. The van der Waals surface area contributed by atoms with Gasteiger partial charge < -0.3 is 10.1 Å². The molecule has 1 atom stereocenters. The number of nitro groups is 1. The van der Waals surface area contributed by atoms with Gasteiger partial charge in [-0.15, -0.1) is 0 Å². The molecule has 1 aromatic rings. The van der Waals surface area contributed by atoms with Crippen molar-refractivity contribution in [2.75, 3.05) is 19.0 Å². The molecule has 0 amide bonds. The molecule has 0 fully saturated rings. The quantitative estimate of drug-likeness (QED) is 0.637. The van der Waals surface area contributed by atoms with Crippen LogP contribution < -0.4 is 5.32 Å². The number of hydrogen-bond donors (Lipinski definition) is 1. The predicted octanol–water partition coefficient (Wildman–Crippen LogP) is 3.75. The van der Waals surface area contributed by atoms with Gasteiger partial charge in [0, 0.05) is 23.2 Å². The molecule has 106 valence electrons. The number of hydrogen-bond acceptors (Lipinski definition) is 4. The summed E-state index contributed by atoms with van der Waals surface area (Å²) in [6.45, 7) is 6.42. The van der Waals surface area contributed by atoms with Crippen LogP contribution in [0.15, 0.2) is 16.6 Å². The summed E-state index contributed by atoms with van der Waals surface area (Å²) in [5.41, 5.74) is 1.47. The highest BCUT2D eigenvalue weighted by Gasteiger charge is 2.18. The van der Waals surface area contributed by atoms with Crippen molar-refractivity contribution in [1.29, 1.82) is 0 Å². The van der Waals surface area contributed by atoms with E-state index in [0.717, 1.165) is 4.47 Å². The van der Waals surface area contributed by atoms with Crippen molar-refractivity contribution < 1.29 is 9.66 Å². The van der Waals surface area contributed by atoms with Gasteiger partial charge in [-0.05, 0) is 34.8 Å². The third-order valence-electron chi connectivity index (χ3n) is 2.97. The largest absolute Gasteiger partial charge is 0.383 e. The maximum Gasteiger partial charge on any atom is 0.274 e. The van der Waals surface area contributed by atoms with Crippen LogP contribution >= 0.6 is 15.9 Å². The fraction of sp³-hybridized carbons (Fsp3) is 0.538. The second-order valence-electron chi connectivity index (χ2n) is 4.83. The average molecular weight is 331 g/mol. The number of nitrogens with one attached hydrogen (secondary N) is 1. The van der Waals surface area contributed by atoms with E-state index >= 15 is 0 Å². The first-order chi connectivity index (χ1) is 8.86. The third kappa shape index (κ3) is 4.18. The monoisotopic (exact) mass is 330 g/mol. The Kier molecular flexibility index (Phi) is 5.75. The molecule has 1 unspecified atom stereocenters. The van der Waals surface area contributed by atoms with Crippen molar-refractivity contribution in [1.82, 2.24) is 0 Å². The number of methoxy groups -OCH3 is 1. The minimum atomic E-state index is -0.367. The molecule has 5 nitrogen and oxygen atoms in total. The molecule has 1 N–H and O–H groups in total. The smallest absolute Gasteiger partial charge is 0.274 e. The summed E-state index contributed by atoms with van der Waals surface area (Å²) in [6.07, 6.45) is 0. The van der Waals surface area contributed by atoms with Gasteiger partial charge in [-0.1, -0.05) is 13.8 Å². The van der Waals surface area contributed by atoms with E-state index in [0.29, 0.717) is 23.8 Å². The van der Waals surface area contributed by atoms with Gasteiger partial charge in [0.15, 0.2) is 0 Å². The van der Waals surface area contributed by atoms with Crippen LogP contribution in [0.1, 0.15) is 19.4 Å². The number of aryl methyl sites for hydroxylation is 1. The number of ether oxygens (including phenoxy) is 1. The van der Waals surface area contributed by atoms with Crippen LogP contribution in [0.2, 0.25) is 0 Å². The molecule has 0 aliphatic carbocycles. The highest BCUT2D eigenvalue weighted by atomic mass is 79.9. The van der Waals surface area contributed by atoms with Gasteiger partial charge in [-0.25, -0.2) is 0 Å². The summed E-state index contributed by atoms with van der Waals surface area (Å²) in [4.78, 5) is 10.6. The van der Waals surface area contributed by atoms with Gasteiger partial charge in [0.05, 0.1) is 23.3 Å². The Balaban J connectivity index is 3.05. The zero-order chi connectivity index (χ0) is 14.6. The lowest BCUT2D eigenvalue weighted by Gasteiger charge is -2.23. The second-order valence-corrected chi connectivity index (χ2v) is 5.68. The Labute approximate surface area is 121 Å². The molecule has 1 rings (SSSR count). The first-order valence-electron chi connectivity index (χ1n) is 6.06. The fourth-order valence-electron chi connectivity index (χ4n) is 1.75. The van der Waals surface area contributed by atoms with E-state index in [1.165, 1.54) is 0 Å². The van der Waals surface area contributed by atoms with Crippen LogP contribution in [0.5, 0.6) is 0 Å². The molecule has 0 saturated heterocycles. The highest BCUT2D eigenvalue weighted by molar-refractivity contribution is 9.10. The van der Waals surface area contributed by atoms with Crippen LogP contribution in [0.25, 0.3) is 0 Å². The number of halogens is 1. The normalized spacial score (nSPS) is 12.5. The van der Waals surface area contributed by atoms with E-state index in [9.17, 15) is 10.1 Å². The van der Waals surface area contributed by atoms with Crippen LogP contribution in [-0.4, -0.2) is 24.7 Å². The van der Waals surface area contributed by atoms with Crippen molar-refractivity contribution >= 4 is 27.3 Å². The molecule has 0 bridgehead atoms. The zero-order valence-corrected chi connectivity index (χ0v) is 13.2. The van der Waals surface area contributed by atoms with Crippen LogP contribution in [0.4, 0.5) is 11.4 Å². The SMILES string of the molecule is COCC(Nc1cc([N+](=O)[O-])c(C)cc1Br)C(C)C. The van der Waals surface area contributed by atoms with Gasteiger partial charge in [-0.2, -0.15) is 0 Å². The molecule has 0 aliphatic heterocycles. The number of anilines is 1.